The highest BCUT2D eigenvalue weighted by Gasteiger charge is 2.00. The van der Waals surface area contributed by atoms with E-state index in [1.807, 2.05) is 0 Å². The van der Waals surface area contributed by atoms with Crippen LogP contribution >= 0.6 is 10.7 Å². The number of allylic oxidation sites excluding steroid dienone is 1. The minimum atomic E-state index is -0.413. The quantitative estimate of drug-likeness (QED) is 0.519. The minimum absolute atomic E-state index is 0.317. The molecule has 4 heteroatoms. The number of amides is 1. The fraction of sp³-hybridized carbons (Fsp3) is 0. The van der Waals surface area contributed by atoms with Crippen LogP contribution in [0.3, 0.4) is 0 Å². The molecule has 0 fully saturated rings. The lowest BCUT2D eigenvalue weighted by Gasteiger charge is -2.00. The highest BCUT2D eigenvalue weighted by Crippen LogP contribution is 2.10. The van der Waals surface area contributed by atoms with Crippen molar-refractivity contribution in [2.45, 2.75) is 0 Å². The molecule has 0 aromatic heterocycles. The van der Waals surface area contributed by atoms with Crippen molar-refractivity contribution in [3.05, 3.63) is 23.1 Å². The Kier molecular flexibility index (Phi) is 2.03. The van der Waals surface area contributed by atoms with Crippen LogP contribution in [-0.4, -0.2) is 11.3 Å². The Morgan fingerprint density at radius 1 is 1.60 bits per heavy atom. The average Bonchev–Trinajstić information content (AvgIpc) is 1.88. The van der Waals surface area contributed by atoms with E-state index in [1.54, 1.807) is 22.9 Å². The highest BCUT2D eigenvalue weighted by atomic mass is 32.2. The molecule has 0 aromatic carbocycles. The molecule has 1 atom stereocenters. The third-order valence-corrected chi connectivity index (χ3v) is 1.99. The van der Waals surface area contributed by atoms with Gasteiger partial charge in [-0.2, -0.15) is 0 Å². The van der Waals surface area contributed by atoms with E-state index in [9.17, 15) is 4.79 Å². The molecule has 1 rings (SSSR count). The summed E-state index contributed by atoms with van der Waals surface area (Å²) in [7, 11) is -0.317. The third kappa shape index (κ3) is 1.55. The first-order chi connectivity index (χ1) is 4.70. The summed E-state index contributed by atoms with van der Waals surface area (Å²) < 4.78 is 0. The monoisotopic (exact) mass is 156 g/mol. The van der Waals surface area contributed by atoms with E-state index in [2.05, 4.69) is 0 Å². The second-order valence-corrected chi connectivity index (χ2v) is 3.19. The summed E-state index contributed by atoms with van der Waals surface area (Å²) in [6.45, 7) is 0. The van der Waals surface area contributed by atoms with Gasteiger partial charge in [-0.15, -0.1) is 0 Å². The zero-order valence-electron chi connectivity index (χ0n) is 5.28. The van der Waals surface area contributed by atoms with Crippen molar-refractivity contribution in [1.29, 1.82) is 0 Å². The third-order valence-electron chi connectivity index (χ3n) is 1.09. The smallest absolute Gasteiger partial charge is 0.248 e. The van der Waals surface area contributed by atoms with Crippen molar-refractivity contribution < 1.29 is 4.79 Å². The van der Waals surface area contributed by atoms with Crippen LogP contribution in [0.5, 0.6) is 0 Å². The first-order valence-corrected chi connectivity index (χ1v) is 4.11. The molecule has 54 valence electrons. The predicted octanol–water partition coefficient (Wildman–Crippen LogP) is -0.130. The Bertz CT molecular complexity index is 252. The van der Waals surface area contributed by atoms with Crippen molar-refractivity contribution in [3.8, 4) is 0 Å². The van der Waals surface area contributed by atoms with Gasteiger partial charge in [0.05, 0.1) is 0 Å². The Balaban J connectivity index is 2.88. The molecule has 1 aliphatic heterocycles. The molecule has 1 unspecified atom stereocenters. The predicted molar refractivity (Wildman–Crippen MR) is 44.3 cm³/mol. The number of primary amides is 1. The summed E-state index contributed by atoms with van der Waals surface area (Å²) in [5.41, 5.74) is 5.50. The number of hydrogen-bond donors (Lipinski definition) is 2. The van der Waals surface area contributed by atoms with Crippen LogP contribution in [0.4, 0.5) is 0 Å². The molecule has 1 aliphatic rings. The SMILES string of the molecule is NC(=O)C1=CC=S(N)C=C1. The summed E-state index contributed by atoms with van der Waals surface area (Å²) >= 11 is 0. The number of carbonyl (C=O) groups is 1. The van der Waals surface area contributed by atoms with Crippen LogP contribution in [0.25, 0.3) is 0 Å². The Morgan fingerprint density at radius 2 is 2.30 bits per heavy atom. The van der Waals surface area contributed by atoms with Gasteiger partial charge in [0, 0.05) is 5.57 Å². The van der Waals surface area contributed by atoms with E-state index in [-0.39, 0.29) is 10.7 Å². The summed E-state index contributed by atoms with van der Waals surface area (Å²) in [5.74, 6) is -0.413. The summed E-state index contributed by atoms with van der Waals surface area (Å²) in [6.07, 6.45) is 3.29. The Hall–Kier alpha value is -0.870. The molecule has 0 saturated heterocycles. The van der Waals surface area contributed by atoms with Gasteiger partial charge in [0.1, 0.15) is 0 Å². The first-order valence-electron chi connectivity index (χ1n) is 2.69. The van der Waals surface area contributed by atoms with Gasteiger partial charge in [-0.1, -0.05) is 10.7 Å². The minimum Gasteiger partial charge on any atom is -0.366 e. The van der Waals surface area contributed by atoms with Gasteiger partial charge >= 0.3 is 0 Å². The van der Waals surface area contributed by atoms with E-state index in [4.69, 9.17) is 10.9 Å². The molecule has 3 nitrogen and oxygen atoms in total. The van der Waals surface area contributed by atoms with E-state index in [1.165, 1.54) is 0 Å². The molecule has 1 amide bonds. The molecule has 1 heterocycles. The molecule has 4 N–H and O–H groups in total. The molecule has 0 radical (unpaired) electrons. The van der Waals surface area contributed by atoms with E-state index < -0.39 is 5.91 Å². The number of nitrogens with two attached hydrogens (primary N) is 2. The molecular formula is C6H8N2OS. The van der Waals surface area contributed by atoms with Crippen molar-refractivity contribution in [2.75, 3.05) is 0 Å². The van der Waals surface area contributed by atoms with Gasteiger partial charge in [-0.05, 0) is 22.9 Å². The lowest BCUT2D eigenvalue weighted by atomic mass is 10.2. The van der Waals surface area contributed by atoms with Crippen LogP contribution < -0.4 is 10.9 Å². The molecule has 0 spiro atoms. The summed E-state index contributed by atoms with van der Waals surface area (Å²) in [4.78, 5) is 10.5. The number of hydrogen-bond acceptors (Lipinski definition) is 2. The fourth-order valence-electron chi connectivity index (χ4n) is 0.569. The normalized spacial score (nSPS) is 23.3. The van der Waals surface area contributed by atoms with Crippen molar-refractivity contribution >= 4 is 21.9 Å². The number of rotatable bonds is 1. The Labute approximate surface area is 61.5 Å². The molecule has 0 bridgehead atoms. The lowest BCUT2D eigenvalue weighted by Crippen LogP contribution is -2.13. The first kappa shape index (κ1) is 7.24. The van der Waals surface area contributed by atoms with Crippen molar-refractivity contribution in [1.82, 2.24) is 0 Å². The van der Waals surface area contributed by atoms with Gasteiger partial charge in [0.25, 0.3) is 0 Å². The molecular weight excluding hydrogens is 148 g/mol. The molecule has 0 aromatic rings. The summed E-state index contributed by atoms with van der Waals surface area (Å²) in [6, 6.07) is 0. The average molecular weight is 156 g/mol. The highest BCUT2D eigenvalue weighted by molar-refractivity contribution is 8.15. The fourth-order valence-corrected chi connectivity index (χ4v) is 1.27. The maximum absolute atomic E-state index is 10.5. The van der Waals surface area contributed by atoms with Crippen LogP contribution in [0.1, 0.15) is 0 Å². The zero-order valence-corrected chi connectivity index (χ0v) is 6.10. The second-order valence-electron chi connectivity index (χ2n) is 1.83. The maximum Gasteiger partial charge on any atom is 0.248 e. The van der Waals surface area contributed by atoms with Gasteiger partial charge in [-0.25, -0.2) is 0 Å². The zero-order chi connectivity index (χ0) is 7.56. The maximum atomic E-state index is 10.5. The molecule has 0 saturated carbocycles. The van der Waals surface area contributed by atoms with Gasteiger partial charge in [-0.3, -0.25) is 9.93 Å². The van der Waals surface area contributed by atoms with Crippen LogP contribution in [0, 0.1) is 0 Å². The van der Waals surface area contributed by atoms with Crippen LogP contribution in [-0.2, 0) is 4.79 Å². The van der Waals surface area contributed by atoms with Crippen molar-refractivity contribution in [2.24, 2.45) is 10.9 Å². The van der Waals surface area contributed by atoms with Gasteiger partial charge < -0.3 is 5.73 Å². The second kappa shape index (κ2) is 2.81. The van der Waals surface area contributed by atoms with Crippen LogP contribution in [0.2, 0.25) is 0 Å². The molecule has 10 heavy (non-hydrogen) atoms. The number of carbonyl (C=O) groups excluding carboxylic acids is 1. The molecule has 0 aliphatic carbocycles. The summed E-state index contributed by atoms with van der Waals surface area (Å²) in [5, 5.41) is 8.99. The van der Waals surface area contributed by atoms with Crippen LogP contribution in [0.15, 0.2) is 23.1 Å². The topological polar surface area (TPSA) is 69.1 Å². The lowest BCUT2D eigenvalue weighted by molar-refractivity contribution is -0.114. The standard InChI is InChI=1S/C6H8N2OS/c7-6(9)5-1-3-10(8)4-2-5/h1-4H,8H2,(H2,7,9). The van der Waals surface area contributed by atoms with Gasteiger partial charge in [0.15, 0.2) is 0 Å². The van der Waals surface area contributed by atoms with Crippen molar-refractivity contribution in [3.63, 3.8) is 0 Å². The van der Waals surface area contributed by atoms with Gasteiger partial charge in [0.2, 0.25) is 5.91 Å². The van der Waals surface area contributed by atoms with E-state index >= 15 is 0 Å². The van der Waals surface area contributed by atoms with E-state index in [0.29, 0.717) is 5.57 Å². The largest absolute Gasteiger partial charge is 0.366 e. The Morgan fingerprint density at radius 3 is 2.70 bits per heavy atom. The van der Waals surface area contributed by atoms with E-state index in [0.717, 1.165) is 0 Å².